The molecule has 0 aliphatic rings. The molecule has 0 radical (unpaired) electrons. The van der Waals surface area contributed by atoms with E-state index in [-0.39, 0.29) is 17.1 Å². The lowest BCUT2D eigenvalue weighted by molar-refractivity contribution is 0.298. The molecule has 0 fully saturated rings. The zero-order valence-electron chi connectivity index (χ0n) is 12.0. The van der Waals surface area contributed by atoms with Gasteiger partial charge in [0.05, 0.1) is 16.8 Å². The molecular formula is C15H15N3O3S. The molecule has 2 aromatic heterocycles. The van der Waals surface area contributed by atoms with Crippen LogP contribution in [0, 0.1) is 6.92 Å². The van der Waals surface area contributed by atoms with E-state index in [9.17, 15) is 8.42 Å². The minimum Gasteiger partial charge on any atom is -0.396 e. The molecule has 3 rings (SSSR count). The van der Waals surface area contributed by atoms with Crippen LogP contribution in [0.25, 0.3) is 11.2 Å². The molecule has 3 aromatic rings. The average molecular weight is 317 g/mol. The Morgan fingerprint density at radius 3 is 2.59 bits per heavy atom. The van der Waals surface area contributed by atoms with Crippen molar-refractivity contribution >= 4 is 21.2 Å². The van der Waals surface area contributed by atoms with Gasteiger partial charge in [-0.25, -0.2) is 22.4 Å². The predicted octanol–water partition coefficient (Wildman–Crippen LogP) is 1.51. The molecule has 0 bridgehead atoms. The van der Waals surface area contributed by atoms with E-state index in [2.05, 4.69) is 9.97 Å². The standard InChI is InChI=1S/C15H15N3O3S/c1-11-2-4-13(5-3-11)22(20,21)18-8-6-14-15(18)16-10-12(17-14)7-9-19/h2-6,8,10,19H,7,9H2,1H3. The molecule has 7 heteroatoms. The molecule has 0 saturated heterocycles. The average Bonchev–Trinajstić information content (AvgIpc) is 2.92. The van der Waals surface area contributed by atoms with Crippen molar-refractivity contribution in [1.82, 2.24) is 13.9 Å². The van der Waals surface area contributed by atoms with Gasteiger partial charge in [-0.15, -0.1) is 0 Å². The van der Waals surface area contributed by atoms with Crippen LogP contribution in [0.15, 0.2) is 47.6 Å². The summed E-state index contributed by atoms with van der Waals surface area (Å²) in [7, 11) is -3.70. The summed E-state index contributed by atoms with van der Waals surface area (Å²) in [5.74, 6) is 0. The van der Waals surface area contributed by atoms with E-state index in [1.165, 1.54) is 12.4 Å². The highest BCUT2D eigenvalue weighted by atomic mass is 32.2. The monoisotopic (exact) mass is 317 g/mol. The highest BCUT2D eigenvalue weighted by molar-refractivity contribution is 7.90. The van der Waals surface area contributed by atoms with Crippen LogP contribution < -0.4 is 0 Å². The van der Waals surface area contributed by atoms with Crippen LogP contribution in [0.1, 0.15) is 11.3 Å². The first-order valence-corrected chi connectivity index (χ1v) is 8.22. The Hall–Kier alpha value is -2.25. The fraction of sp³-hybridized carbons (Fsp3) is 0.200. The zero-order chi connectivity index (χ0) is 15.7. The third kappa shape index (κ3) is 2.49. The molecule has 0 unspecified atom stereocenters. The minimum absolute atomic E-state index is 0.0252. The Kier molecular flexibility index (Phi) is 3.67. The molecule has 114 valence electrons. The van der Waals surface area contributed by atoms with E-state index in [1.807, 2.05) is 6.92 Å². The lowest BCUT2D eigenvalue weighted by Crippen LogP contribution is -2.12. The summed E-state index contributed by atoms with van der Waals surface area (Å²) in [5.41, 5.74) is 2.38. The molecule has 1 N–H and O–H groups in total. The van der Waals surface area contributed by atoms with Crippen LogP contribution in [0.5, 0.6) is 0 Å². The van der Waals surface area contributed by atoms with Crippen molar-refractivity contribution in [2.75, 3.05) is 6.61 Å². The second kappa shape index (κ2) is 5.51. The predicted molar refractivity (Wildman–Crippen MR) is 82.1 cm³/mol. The van der Waals surface area contributed by atoms with Crippen molar-refractivity contribution in [3.05, 3.63) is 54.0 Å². The molecule has 0 aliphatic carbocycles. The first-order chi connectivity index (χ1) is 10.5. The number of aliphatic hydroxyl groups is 1. The molecule has 0 atom stereocenters. The zero-order valence-corrected chi connectivity index (χ0v) is 12.8. The normalized spacial score (nSPS) is 11.9. The van der Waals surface area contributed by atoms with Gasteiger partial charge in [0.15, 0.2) is 5.65 Å². The molecular weight excluding hydrogens is 302 g/mol. The second-order valence-electron chi connectivity index (χ2n) is 4.97. The highest BCUT2D eigenvalue weighted by Gasteiger charge is 2.20. The molecule has 1 aromatic carbocycles. The number of aryl methyl sites for hydroxylation is 1. The number of fused-ring (bicyclic) bond motifs is 1. The number of hydrogen-bond acceptors (Lipinski definition) is 5. The van der Waals surface area contributed by atoms with Crippen LogP contribution in [0.3, 0.4) is 0 Å². The molecule has 2 heterocycles. The summed E-state index contributed by atoms with van der Waals surface area (Å²) in [6.07, 6.45) is 3.32. The molecule has 22 heavy (non-hydrogen) atoms. The van der Waals surface area contributed by atoms with E-state index in [1.54, 1.807) is 30.3 Å². The maximum atomic E-state index is 12.7. The molecule has 0 saturated carbocycles. The Labute approximate surface area is 128 Å². The maximum absolute atomic E-state index is 12.7. The van der Waals surface area contributed by atoms with Crippen LogP contribution in [0.4, 0.5) is 0 Å². The van der Waals surface area contributed by atoms with Gasteiger partial charge in [0, 0.05) is 19.2 Å². The largest absolute Gasteiger partial charge is 0.396 e. The van der Waals surface area contributed by atoms with Crippen LogP contribution in [0.2, 0.25) is 0 Å². The highest BCUT2D eigenvalue weighted by Crippen LogP contribution is 2.20. The number of nitrogens with zero attached hydrogens (tertiary/aromatic N) is 3. The Morgan fingerprint density at radius 1 is 1.18 bits per heavy atom. The fourth-order valence-electron chi connectivity index (χ4n) is 2.18. The summed E-state index contributed by atoms with van der Waals surface area (Å²) in [5, 5.41) is 8.93. The number of benzene rings is 1. The summed E-state index contributed by atoms with van der Waals surface area (Å²) in [4.78, 5) is 8.68. The van der Waals surface area contributed by atoms with Crippen molar-refractivity contribution in [2.45, 2.75) is 18.2 Å². The van der Waals surface area contributed by atoms with Crippen molar-refractivity contribution in [1.29, 1.82) is 0 Å². The van der Waals surface area contributed by atoms with E-state index in [4.69, 9.17) is 5.11 Å². The van der Waals surface area contributed by atoms with Crippen LogP contribution in [-0.4, -0.2) is 34.1 Å². The van der Waals surface area contributed by atoms with Gasteiger partial charge in [0.25, 0.3) is 10.0 Å². The number of hydrogen-bond donors (Lipinski definition) is 1. The van der Waals surface area contributed by atoms with Gasteiger partial charge in [-0.1, -0.05) is 17.7 Å². The van der Waals surface area contributed by atoms with Gasteiger partial charge in [-0.3, -0.25) is 0 Å². The molecule has 6 nitrogen and oxygen atoms in total. The van der Waals surface area contributed by atoms with Gasteiger partial charge in [-0.05, 0) is 25.1 Å². The van der Waals surface area contributed by atoms with E-state index in [0.29, 0.717) is 17.6 Å². The van der Waals surface area contributed by atoms with Crippen LogP contribution in [-0.2, 0) is 16.4 Å². The summed E-state index contributed by atoms with van der Waals surface area (Å²) < 4.78 is 26.5. The molecule has 0 spiro atoms. The van der Waals surface area contributed by atoms with Gasteiger partial charge in [0.2, 0.25) is 0 Å². The summed E-state index contributed by atoms with van der Waals surface area (Å²) in [6.45, 7) is 1.87. The Morgan fingerprint density at radius 2 is 1.91 bits per heavy atom. The van der Waals surface area contributed by atoms with Crippen molar-refractivity contribution in [3.63, 3.8) is 0 Å². The van der Waals surface area contributed by atoms with Crippen molar-refractivity contribution < 1.29 is 13.5 Å². The smallest absolute Gasteiger partial charge is 0.269 e. The van der Waals surface area contributed by atoms with E-state index in [0.717, 1.165) is 9.54 Å². The summed E-state index contributed by atoms with van der Waals surface area (Å²) in [6, 6.07) is 8.26. The summed E-state index contributed by atoms with van der Waals surface area (Å²) >= 11 is 0. The van der Waals surface area contributed by atoms with Gasteiger partial charge in [0.1, 0.15) is 5.52 Å². The van der Waals surface area contributed by atoms with E-state index < -0.39 is 10.0 Å². The fourth-order valence-corrected chi connectivity index (χ4v) is 3.48. The first-order valence-electron chi connectivity index (χ1n) is 6.78. The van der Waals surface area contributed by atoms with Crippen LogP contribution >= 0.6 is 0 Å². The Bertz CT molecular complexity index is 915. The van der Waals surface area contributed by atoms with Gasteiger partial charge < -0.3 is 5.11 Å². The number of rotatable bonds is 4. The number of aromatic nitrogens is 3. The van der Waals surface area contributed by atoms with Crippen molar-refractivity contribution in [3.8, 4) is 0 Å². The maximum Gasteiger partial charge on any atom is 0.269 e. The lowest BCUT2D eigenvalue weighted by atomic mass is 10.2. The third-order valence-corrected chi connectivity index (χ3v) is 5.03. The SMILES string of the molecule is Cc1ccc(S(=O)(=O)n2ccc3nc(CCO)cnc32)cc1. The topological polar surface area (TPSA) is 85.1 Å². The molecule has 0 amide bonds. The number of aliphatic hydroxyl groups excluding tert-OH is 1. The van der Waals surface area contributed by atoms with Crippen molar-refractivity contribution in [2.24, 2.45) is 0 Å². The first kappa shape index (κ1) is 14.7. The molecule has 0 aliphatic heterocycles. The van der Waals surface area contributed by atoms with Gasteiger partial charge in [-0.2, -0.15) is 0 Å². The van der Waals surface area contributed by atoms with Gasteiger partial charge >= 0.3 is 0 Å². The quantitative estimate of drug-likeness (QED) is 0.788. The Balaban J connectivity index is 2.11. The van der Waals surface area contributed by atoms with E-state index >= 15 is 0 Å². The minimum atomic E-state index is -3.70. The second-order valence-corrected chi connectivity index (χ2v) is 6.79. The third-order valence-electron chi connectivity index (χ3n) is 3.35. The lowest BCUT2D eigenvalue weighted by Gasteiger charge is -2.07.